The van der Waals surface area contributed by atoms with Gasteiger partial charge in [0.25, 0.3) is 0 Å². The van der Waals surface area contributed by atoms with Crippen molar-refractivity contribution in [1.29, 1.82) is 0 Å². The third-order valence-corrected chi connectivity index (χ3v) is 5.11. The number of benzene rings is 1. The van der Waals surface area contributed by atoms with Crippen molar-refractivity contribution in [3.8, 4) is 5.75 Å². The Bertz CT molecular complexity index is 521. The van der Waals surface area contributed by atoms with Crippen molar-refractivity contribution < 1.29 is 9.13 Å². The van der Waals surface area contributed by atoms with E-state index in [0.717, 1.165) is 30.9 Å². The van der Waals surface area contributed by atoms with Gasteiger partial charge in [-0.2, -0.15) is 0 Å². The number of ether oxygens (including phenoxy) is 1. The number of likely N-dealkylation sites (tertiary alicyclic amines) is 1. The number of nitrogens with zero attached hydrogens (tertiary/aromatic N) is 1. The second-order valence-corrected chi connectivity index (χ2v) is 7.21. The van der Waals surface area contributed by atoms with E-state index in [1.165, 1.54) is 18.9 Å². The molecule has 0 aromatic heterocycles. The SMILES string of the molecule is CN1CC(CN)CC1c1cc(F)cc(Br)c1OCC1CC1. The molecule has 0 bridgehead atoms. The second-order valence-electron chi connectivity index (χ2n) is 6.35. The lowest BCUT2D eigenvalue weighted by molar-refractivity contribution is 0.271. The highest BCUT2D eigenvalue weighted by Gasteiger charge is 2.33. The van der Waals surface area contributed by atoms with Gasteiger partial charge in [0.05, 0.1) is 11.1 Å². The topological polar surface area (TPSA) is 38.5 Å². The van der Waals surface area contributed by atoms with E-state index < -0.39 is 0 Å². The van der Waals surface area contributed by atoms with E-state index in [1.807, 2.05) is 0 Å². The Morgan fingerprint density at radius 3 is 2.76 bits per heavy atom. The van der Waals surface area contributed by atoms with Gasteiger partial charge in [-0.25, -0.2) is 4.39 Å². The summed E-state index contributed by atoms with van der Waals surface area (Å²) in [5.74, 6) is 1.73. The molecule has 2 unspecified atom stereocenters. The van der Waals surface area contributed by atoms with Gasteiger partial charge in [0.15, 0.2) is 0 Å². The quantitative estimate of drug-likeness (QED) is 0.879. The Balaban J connectivity index is 1.87. The average molecular weight is 357 g/mol. The molecule has 1 heterocycles. The molecule has 1 aromatic carbocycles. The first-order valence-electron chi connectivity index (χ1n) is 7.60. The molecule has 116 valence electrons. The molecule has 2 fully saturated rings. The van der Waals surface area contributed by atoms with Crippen molar-refractivity contribution >= 4 is 15.9 Å². The summed E-state index contributed by atoms with van der Waals surface area (Å²) >= 11 is 3.46. The fourth-order valence-electron chi connectivity index (χ4n) is 3.11. The first-order chi connectivity index (χ1) is 10.1. The van der Waals surface area contributed by atoms with Crippen LogP contribution < -0.4 is 10.5 Å². The molecule has 1 saturated heterocycles. The molecule has 2 atom stereocenters. The van der Waals surface area contributed by atoms with Crippen LogP contribution in [-0.2, 0) is 0 Å². The summed E-state index contributed by atoms with van der Waals surface area (Å²) in [5, 5.41) is 0. The molecule has 3 rings (SSSR count). The normalized spacial score (nSPS) is 26.3. The molecule has 2 aliphatic rings. The smallest absolute Gasteiger partial charge is 0.138 e. The fraction of sp³-hybridized carbons (Fsp3) is 0.625. The maximum atomic E-state index is 13.8. The van der Waals surface area contributed by atoms with Gasteiger partial charge in [0.1, 0.15) is 11.6 Å². The van der Waals surface area contributed by atoms with E-state index in [9.17, 15) is 4.39 Å². The summed E-state index contributed by atoms with van der Waals surface area (Å²) in [5.41, 5.74) is 6.74. The van der Waals surface area contributed by atoms with Gasteiger partial charge in [-0.1, -0.05) is 0 Å². The van der Waals surface area contributed by atoms with E-state index >= 15 is 0 Å². The maximum absolute atomic E-state index is 13.8. The third kappa shape index (κ3) is 3.41. The monoisotopic (exact) mass is 356 g/mol. The lowest BCUT2D eigenvalue weighted by atomic mass is 9.99. The van der Waals surface area contributed by atoms with Crippen LogP contribution in [0.4, 0.5) is 4.39 Å². The highest BCUT2D eigenvalue weighted by atomic mass is 79.9. The Morgan fingerprint density at radius 2 is 2.14 bits per heavy atom. The van der Waals surface area contributed by atoms with Crippen molar-refractivity contribution in [3.63, 3.8) is 0 Å². The van der Waals surface area contributed by atoms with E-state index in [2.05, 4.69) is 27.9 Å². The minimum absolute atomic E-state index is 0.180. The number of hydrogen-bond acceptors (Lipinski definition) is 3. The number of halogens is 2. The molecule has 0 spiro atoms. The van der Waals surface area contributed by atoms with E-state index in [-0.39, 0.29) is 11.9 Å². The van der Waals surface area contributed by atoms with Gasteiger partial charge >= 0.3 is 0 Å². The van der Waals surface area contributed by atoms with Crippen LogP contribution in [0.25, 0.3) is 0 Å². The predicted molar refractivity (Wildman–Crippen MR) is 84.9 cm³/mol. The van der Waals surface area contributed by atoms with Gasteiger partial charge in [0.2, 0.25) is 0 Å². The minimum Gasteiger partial charge on any atom is -0.492 e. The summed E-state index contributed by atoms with van der Waals surface area (Å²) in [4.78, 5) is 2.25. The van der Waals surface area contributed by atoms with Crippen molar-refractivity contribution in [3.05, 3.63) is 28.0 Å². The van der Waals surface area contributed by atoms with E-state index in [4.69, 9.17) is 10.5 Å². The van der Waals surface area contributed by atoms with Crippen LogP contribution in [0.15, 0.2) is 16.6 Å². The summed E-state index contributed by atoms with van der Waals surface area (Å²) < 4.78 is 20.6. The Kier molecular flexibility index (Phi) is 4.52. The van der Waals surface area contributed by atoms with Crippen molar-refractivity contribution in [2.75, 3.05) is 26.7 Å². The number of hydrogen-bond donors (Lipinski definition) is 1. The third-order valence-electron chi connectivity index (χ3n) is 4.52. The molecule has 0 radical (unpaired) electrons. The molecule has 5 heteroatoms. The number of nitrogens with two attached hydrogens (primary N) is 1. The molecule has 0 amide bonds. The molecule has 1 saturated carbocycles. The Labute approximate surface area is 133 Å². The summed E-state index contributed by atoms with van der Waals surface area (Å²) in [6.45, 7) is 2.36. The zero-order valence-electron chi connectivity index (χ0n) is 12.3. The Morgan fingerprint density at radius 1 is 1.38 bits per heavy atom. The molecule has 2 N–H and O–H groups in total. The van der Waals surface area contributed by atoms with Crippen LogP contribution in [0.5, 0.6) is 5.75 Å². The highest BCUT2D eigenvalue weighted by Crippen LogP contribution is 2.42. The average Bonchev–Trinajstić information content (AvgIpc) is 3.18. The molecule has 3 nitrogen and oxygen atoms in total. The van der Waals surface area contributed by atoms with Gasteiger partial charge < -0.3 is 10.5 Å². The van der Waals surface area contributed by atoms with Gasteiger partial charge in [0, 0.05) is 18.2 Å². The molecular weight excluding hydrogens is 335 g/mol. The minimum atomic E-state index is -0.222. The lowest BCUT2D eigenvalue weighted by Crippen LogP contribution is -2.21. The second kappa shape index (κ2) is 6.23. The molecule has 21 heavy (non-hydrogen) atoms. The summed E-state index contributed by atoms with van der Waals surface area (Å²) in [6, 6.07) is 3.29. The Hall–Kier alpha value is -0.650. The molecule has 1 aliphatic heterocycles. The first kappa shape index (κ1) is 15.3. The van der Waals surface area contributed by atoms with Crippen LogP contribution in [0, 0.1) is 17.7 Å². The van der Waals surface area contributed by atoms with Gasteiger partial charge in [-0.15, -0.1) is 0 Å². The van der Waals surface area contributed by atoms with Crippen LogP contribution >= 0.6 is 15.9 Å². The zero-order valence-corrected chi connectivity index (χ0v) is 13.9. The molecule has 1 aliphatic carbocycles. The van der Waals surface area contributed by atoms with E-state index in [1.54, 1.807) is 6.07 Å². The van der Waals surface area contributed by atoms with E-state index in [0.29, 0.717) is 22.9 Å². The standard InChI is InChI=1S/C16H22BrFN2O/c1-20-8-11(7-19)4-15(20)13-5-12(18)6-14(17)16(13)21-9-10-2-3-10/h5-6,10-11,15H,2-4,7-9,19H2,1H3. The van der Waals surface area contributed by atoms with Crippen LogP contribution in [0.1, 0.15) is 30.9 Å². The van der Waals surface area contributed by atoms with Crippen LogP contribution in [0.3, 0.4) is 0 Å². The fourth-order valence-corrected chi connectivity index (χ4v) is 3.67. The van der Waals surface area contributed by atoms with Gasteiger partial charge in [-0.3, -0.25) is 4.90 Å². The van der Waals surface area contributed by atoms with Crippen molar-refractivity contribution in [2.45, 2.75) is 25.3 Å². The van der Waals surface area contributed by atoms with Gasteiger partial charge in [-0.05, 0) is 72.8 Å². The summed E-state index contributed by atoms with van der Waals surface area (Å²) in [6.07, 6.45) is 3.45. The highest BCUT2D eigenvalue weighted by molar-refractivity contribution is 9.10. The number of rotatable bonds is 5. The van der Waals surface area contributed by atoms with Crippen LogP contribution in [0.2, 0.25) is 0 Å². The van der Waals surface area contributed by atoms with Crippen molar-refractivity contribution in [2.24, 2.45) is 17.6 Å². The largest absolute Gasteiger partial charge is 0.492 e. The first-order valence-corrected chi connectivity index (χ1v) is 8.39. The lowest BCUT2D eigenvalue weighted by Gasteiger charge is -2.23. The maximum Gasteiger partial charge on any atom is 0.138 e. The molecule has 1 aromatic rings. The zero-order chi connectivity index (χ0) is 15.0. The predicted octanol–water partition coefficient (Wildman–Crippen LogP) is 3.33. The van der Waals surface area contributed by atoms with Crippen molar-refractivity contribution in [1.82, 2.24) is 4.90 Å². The molecular formula is C16H22BrFN2O. The van der Waals surface area contributed by atoms with Crippen LogP contribution in [-0.4, -0.2) is 31.6 Å². The summed E-state index contributed by atoms with van der Waals surface area (Å²) in [7, 11) is 2.07.